The molecular weight excluding hydrogens is 546 g/mol. The molecule has 0 radical (unpaired) electrons. The highest BCUT2D eigenvalue weighted by Gasteiger charge is 2.33. The van der Waals surface area contributed by atoms with Gasteiger partial charge in [-0.05, 0) is 89.8 Å². The van der Waals surface area contributed by atoms with Crippen molar-refractivity contribution in [3.63, 3.8) is 0 Å². The van der Waals surface area contributed by atoms with Crippen LogP contribution in [0.2, 0.25) is 0 Å². The van der Waals surface area contributed by atoms with Crippen LogP contribution < -0.4 is 0 Å². The Morgan fingerprint density at radius 3 is 1.34 bits per heavy atom. The number of tetrazole rings is 2. The number of hydrogen-bond donors (Lipinski definition) is 0. The third-order valence-corrected chi connectivity index (χ3v) is 8.01. The Balaban J connectivity index is 1.67. The minimum Gasteiger partial charge on any atom is -0.288 e. The van der Waals surface area contributed by atoms with Crippen molar-refractivity contribution < 1.29 is 0 Å². The molecule has 238 valence electrons. The zero-order valence-corrected chi connectivity index (χ0v) is 28.6. The van der Waals surface area contributed by atoms with Gasteiger partial charge in [-0.15, -0.1) is 10.2 Å². The molecule has 0 unspecified atom stereocenters. The molecule has 0 aliphatic rings. The van der Waals surface area contributed by atoms with E-state index in [-0.39, 0.29) is 27.8 Å². The fraction of sp³-hybridized carbons (Fsp3) is 0.600. The number of nitrogens with zero attached hydrogens (tertiary/aromatic N) is 9. The second kappa shape index (κ2) is 13.3. The Hall–Kier alpha value is -3.46. The van der Waals surface area contributed by atoms with Crippen molar-refractivity contribution in [2.24, 2.45) is 10.8 Å². The van der Waals surface area contributed by atoms with Crippen LogP contribution in [0.4, 0.5) is 0 Å². The minimum atomic E-state index is -0.240. The number of benzene rings is 2. The third kappa shape index (κ3) is 9.03. The summed E-state index contributed by atoms with van der Waals surface area (Å²) in [6.45, 7) is 24.4. The summed E-state index contributed by atoms with van der Waals surface area (Å²) in [5.74, 6) is 1.95. The van der Waals surface area contributed by atoms with Gasteiger partial charge in [0.25, 0.3) is 0 Å². The highest BCUT2D eigenvalue weighted by Crippen LogP contribution is 2.34. The van der Waals surface area contributed by atoms with E-state index in [9.17, 15) is 0 Å². The average molecular weight is 600 g/mol. The highest BCUT2D eigenvalue weighted by atomic mass is 15.6. The van der Waals surface area contributed by atoms with E-state index >= 15 is 0 Å². The van der Waals surface area contributed by atoms with E-state index < -0.39 is 0 Å². The summed E-state index contributed by atoms with van der Waals surface area (Å²) >= 11 is 0. The van der Waals surface area contributed by atoms with Gasteiger partial charge >= 0.3 is 0 Å². The van der Waals surface area contributed by atoms with Crippen molar-refractivity contribution in [3.8, 4) is 0 Å². The summed E-state index contributed by atoms with van der Waals surface area (Å²) in [7, 11) is 0. The SMILES string of the molecule is CC(C)(C)CC(C)(C)n1nnnc1CN(CCC(c1ccccc1)c1ccccc1)Cc1nnnn1C(C)(C)CC(C)(C)C. The van der Waals surface area contributed by atoms with Crippen molar-refractivity contribution >= 4 is 0 Å². The van der Waals surface area contributed by atoms with Crippen LogP contribution in [-0.2, 0) is 24.2 Å². The molecule has 2 aromatic carbocycles. The first kappa shape index (κ1) is 33.4. The van der Waals surface area contributed by atoms with E-state index in [0.717, 1.165) is 37.5 Å². The van der Waals surface area contributed by atoms with Crippen molar-refractivity contribution in [2.75, 3.05) is 6.54 Å². The first-order chi connectivity index (χ1) is 20.5. The fourth-order valence-corrected chi connectivity index (χ4v) is 7.12. The van der Waals surface area contributed by atoms with Gasteiger partial charge in [0.2, 0.25) is 0 Å². The van der Waals surface area contributed by atoms with Crippen LogP contribution in [0.25, 0.3) is 0 Å². The van der Waals surface area contributed by atoms with Crippen LogP contribution in [0.3, 0.4) is 0 Å². The van der Waals surface area contributed by atoms with Crippen LogP contribution in [0.15, 0.2) is 60.7 Å². The standard InChI is InChI=1S/C35H53N9/c1-32(2,3)25-34(7,8)43-30(36-38-40-43)23-42(24-31-37-39-41-44(31)35(9,10)26-33(4,5)6)22-21-29(27-17-13-11-14-18-27)28-19-15-12-16-20-28/h11-20,29H,21-26H2,1-10H3. The zero-order chi connectivity index (χ0) is 32.2. The van der Waals surface area contributed by atoms with Gasteiger partial charge in [0.05, 0.1) is 24.2 Å². The first-order valence-corrected chi connectivity index (χ1v) is 15.9. The summed E-state index contributed by atoms with van der Waals surface area (Å²) in [5, 5.41) is 26.4. The summed E-state index contributed by atoms with van der Waals surface area (Å²) in [4.78, 5) is 2.41. The van der Waals surface area contributed by atoms with Crippen molar-refractivity contribution in [3.05, 3.63) is 83.4 Å². The normalized spacial score (nSPS) is 13.3. The lowest BCUT2D eigenvalue weighted by atomic mass is 9.82. The van der Waals surface area contributed by atoms with Crippen LogP contribution in [0.5, 0.6) is 0 Å². The first-order valence-electron chi connectivity index (χ1n) is 15.9. The smallest absolute Gasteiger partial charge is 0.165 e. The Kier molecular flexibility index (Phi) is 10.1. The quantitative estimate of drug-likeness (QED) is 0.160. The predicted octanol–water partition coefficient (Wildman–Crippen LogP) is 7.23. The van der Waals surface area contributed by atoms with Crippen molar-refractivity contribution in [1.29, 1.82) is 0 Å². The van der Waals surface area contributed by atoms with E-state index in [2.05, 4.69) is 166 Å². The second-order valence-corrected chi connectivity index (χ2v) is 16.0. The molecule has 2 aromatic heterocycles. The molecule has 0 aliphatic heterocycles. The maximum Gasteiger partial charge on any atom is 0.165 e. The zero-order valence-electron chi connectivity index (χ0n) is 28.6. The molecule has 4 aromatic rings. The average Bonchev–Trinajstić information content (AvgIpc) is 3.58. The summed E-state index contributed by atoms with van der Waals surface area (Å²) in [6.07, 6.45) is 2.82. The Bertz CT molecular complexity index is 1330. The second-order valence-electron chi connectivity index (χ2n) is 16.0. The number of hydrogen-bond acceptors (Lipinski definition) is 7. The molecule has 0 spiro atoms. The molecular formula is C35H53N9. The summed E-state index contributed by atoms with van der Waals surface area (Å²) in [6, 6.07) is 21.6. The van der Waals surface area contributed by atoms with Gasteiger partial charge in [-0.25, -0.2) is 9.36 Å². The number of aromatic nitrogens is 8. The lowest BCUT2D eigenvalue weighted by Gasteiger charge is -2.34. The molecule has 0 saturated heterocycles. The molecule has 2 heterocycles. The number of rotatable bonds is 13. The maximum atomic E-state index is 4.55. The minimum absolute atomic E-state index is 0.131. The van der Waals surface area contributed by atoms with Crippen LogP contribution >= 0.6 is 0 Å². The maximum absolute atomic E-state index is 4.55. The highest BCUT2D eigenvalue weighted by molar-refractivity contribution is 5.32. The summed E-state index contributed by atoms with van der Waals surface area (Å²) in [5.41, 5.74) is 2.40. The van der Waals surface area contributed by atoms with Crippen LogP contribution in [0, 0.1) is 10.8 Å². The molecule has 9 heteroatoms. The molecule has 0 atom stereocenters. The van der Waals surface area contributed by atoms with E-state index in [1.165, 1.54) is 11.1 Å². The molecule has 44 heavy (non-hydrogen) atoms. The van der Waals surface area contributed by atoms with Crippen LogP contribution in [-0.4, -0.2) is 51.9 Å². The topological polar surface area (TPSA) is 90.4 Å². The van der Waals surface area contributed by atoms with Gasteiger partial charge in [-0.3, -0.25) is 4.90 Å². The van der Waals surface area contributed by atoms with E-state index in [4.69, 9.17) is 0 Å². The van der Waals surface area contributed by atoms with Gasteiger partial charge in [-0.2, -0.15) is 0 Å². The van der Waals surface area contributed by atoms with Gasteiger partial charge in [0, 0.05) is 12.5 Å². The van der Waals surface area contributed by atoms with Crippen LogP contribution in [0.1, 0.15) is 117 Å². The van der Waals surface area contributed by atoms with Gasteiger partial charge < -0.3 is 0 Å². The lowest BCUT2D eigenvalue weighted by Crippen LogP contribution is -2.37. The van der Waals surface area contributed by atoms with Gasteiger partial charge in [0.1, 0.15) is 0 Å². The van der Waals surface area contributed by atoms with Crippen molar-refractivity contribution in [2.45, 2.75) is 119 Å². The monoisotopic (exact) mass is 599 g/mol. The molecule has 0 aliphatic carbocycles. The van der Waals surface area contributed by atoms with E-state index in [1.807, 2.05) is 9.36 Å². The lowest BCUT2D eigenvalue weighted by molar-refractivity contribution is 0.164. The summed E-state index contributed by atoms with van der Waals surface area (Å²) < 4.78 is 4.04. The van der Waals surface area contributed by atoms with Gasteiger partial charge in [0.15, 0.2) is 11.6 Å². The Morgan fingerprint density at radius 2 is 0.977 bits per heavy atom. The molecule has 0 N–H and O–H groups in total. The molecule has 9 nitrogen and oxygen atoms in total. The Morgan fingerprint density at radius 1 is 0.591 bits per heavy atom. The van der Waals surface area contributed by atoms with Crippen molar-refractivity contribution in [1.82, 2.24) is 45.3 Å². The fourth-order valence-electron chi connectivity index (χ4n) is 7.12. The van der Waals surface area contributed by atoms with E-state index in [0.29, 0.717) is 13.1 Å². The molecule has 0 fully saturated rings. The Labute approximate surface area is 264 Å². The molecule has 0 saturated carbocycles. The molecule has 0 amide bonds. The predicted molar refractivity (Wildman–Crippen MR) is 176 cm³/mol. The largest absolute Gasteiger partial charge is 0.288 e. The third-order valence-electron chi connectivity index (χ3n) is 8.01. The van der Waals surface area contributed by atoms with E-state index in [1.54, 1.807) is 0 Å². The molecule has 0 bridgehead atoms. The van der Waals surface area contributed by atoms with Gasteiger partial charge in [-0.1, -0.05) is 102 Å². The molecule has 4 rings (SSSR count).